The molecular weight excluding hydrogens is 220 g/mol. The molecule has 0 heterocycles. The molecule has 16 heavy (non-hydrogen) atoms. The van der Waals surface area contributed by atoms with Crippen LogP contribution in [0.15, 0.2) is 47.4 Å². The van der Waals surface area contributed by atoms with Crippen molar-refractivity contribution >= 4 is 28.5 Å². The van der Waals surface area contributed by atoms with E-state index < -0.39 is 11.2 Å². The smallest absolute Gasteiger partial charge is 0.316 e. The molecule has 82 valence electrons. The lowest BCUT2D eigenvalue weighted by Gasteiger charge is -2.08. The van der Waals surface area contributed by atoms with Gasteiger partial charge in [-0.15, -0.1) is 11.8 Å². The van der Waals surface area contributed by atoms with E-state index in [4.69, 9.17) is 5.11 Å². The molecule has 0 aromatic heterocycles. The highest BCUT2D eigenvalue weighted by molar-refractivity contribution is 8.00. The minimum atomic E-state index is -0.780. The third kappa shape index (κ3) is 2.19. The van der Waals surface area contributed by atoms with Gasteiger partial charge in [0.15, 0.2) is 0 Å². The van der Waals surface area contributed by atoms with Gasteiger partial charge in [0.05, 0.1) is 0 Å². The fraction of sp³-hybridized carbons (Fsp3) is 0.154. The number of rotatable bonds is 3. The minimum absolute atomic E-state index is 0.425. The Labute approximate surface area is 98.3 Å². The van der Waals surface area contributed by atoms with Gasteiger partial charge in [0.1, 0.15) is 5.25 Å². The van der Waals surface area contributed by atoms with Gasteiger partial charge in [-0.25, -0.2) is 0 Å². The molecule has 2 aromatic rings. The van der Waals surface area contributed by atoms with Gasteiger partial charge in [0, 0.05) is 4.90 Å². The molecule has 2 nitrogen and oxygen atoms in total. The second-order valence-corrected chi connectivity index (χ2v) is 4.96. The van der Waals surface area contributed by atoms with Gasteiger partial charge in [-0.2, -0.15) is 0 Å². The highest BCUT2D eigenvalue weighted by Gasteiger charge is 2.13. The summed E-state index contributed by atoms with van der Waals surface area (Å²) in [5, 5.41) is 10.7. The number of thioether (sulfide) groups is 1. The van der Waals surface area contributed by atoms with Gasteiger partial charge in [-0.3, -0.25) is 4.79 Å². The summed E-state index contributed by atoms with van der Waals surface area (Å²) in [6.45, 7) is 1.70. The highest BCUT2D eigenvalue weighted by atomic mass is 32.2. The number of hydrogen-bond acceptors (Lipinski definition) is 2. The van der Waals surface area contributed by atoms with Crippen LogP contribution in [0, 0.1) is 0 Å². The van der Waals surface area contributed by atoms with E-state index in [9.17, 15) is 4.79 Å². The Kier molecular flexibility index (Phi) is 3.15. The van der Waals surface area contributed by atoms with Crippen LogP contribution in [0.1, 0.15) is 6.92 Å². The predicted molar refractivity (Wildman–Crippen MR) is 66.9 cm³/mol. The van der Waals surface area contributed by atoms with Crippen molar-refractivity contribution in [2.75, 3.05) is 0 Å². The van der Waals surface area contributed by atoms with Crippen molar-refractivity contribution in [3.05, 3.63) is 42.5 Å². The first-order valence-corrected chi connectivity index (χ1v) is 5.93. The SMILES string of the molecule is CC(Sc1cccc2ccccc12)C(=O)O. The molecule has 0 amide bonds. The summed E-state index contributed by atoms with van der Waals surface area (Å²) in [4.78, 5) is 11.8. The van der Waals surface area contributed by atoms with E-state index in [1.54, 1.807) is 6.92 Å². The van der Waals surface area contributed by atoms with Crippen LogP contribution in [-0.2, 0) is 4.79 Å². The van der Waals surface area contributed by atoms with Crippen LogP contribution in [0.2, 0.25) is 0 Å². The van der Waals surface area contributed by atoms with Gasteiger partial charge in [0.2, 0.25) is 0 Å². The van der Waals surface area contributed by atoms with Crippen LogP contribution in [-0.4, -0.2) is 16.3 Å². The third-order valence-electron chi connectivity index (χ3n) is 2.40. The molecule has 0 saturated heterocycles. The molecule has 0 bridgehead atoms. The summed E-state index contributed by atoms with van der Waals surface area (Å²) in [5.74, 6) is -0.780. The number of carboxylic acids is 1. The molecule has 1 unspecified atom stereocenters. The lowest BCUT2D eigenvalue weighted by Crippen LogP contribution is -2.10. The monoisotopic (exact) mass is 232 g/mol. The van der Waals surface area contributed by atoms with E-state index in [0.29, 0.717) is 0 Å². The molecule has 0 fully saturated rings. The summed E-state index contributed by atoms with van der Waals surface area (Å²) in [6, 6.07) is 14.0. The molecule has 0 radical (unpaired) electrons. The maximum absolute atomic E-state index is 10.8. The van der Waals surface area contributed by atoms with E-state index in [2.05, 4.69) is 0 Å². The van der Waals surface area contributed by atoms with Crippen LogP contribution in [0.4, 0.5) is 0 Å². The normalized spacial score (nSPS) is 12.6. The van der Waals surface area contributed by atoms with E-state index >= 15 is 0 Å². The zero-order chi connectivity index (χ0) is 11.5. The first-order chi connectivity index (χ1) is 7.68. The molecule has 1 N–H and O–H groups in total. The van der Waals surface area contributed by atoms with Crippen molar-refractivity contribution in [1.29, 1.82) is 0 Å². The molecule has 0 saturated carbocycles. The first-order valence-electron chi connectivity index (χ1n) is 5.05. The number of carboxylic acid groups (broad SMARTS) is 1. The number of hydrogen-bond donors (Lipinski definition) is 1. The van der Waals surface area contributed by atoms with Crippen LogP contribution in [0.5, 0.6) is 0 Å². The molecule has 2 aromatic carbocycles. The van der Waals surface area contributed by atoms with Gasteiger partial charge in [0.25, 0.3) is 0 Å². The largest absolute Gasteiger partial charge is 0.480 e. The summed E-state index contributed by atoms with van der Waals surface area (Å²) < 4.78 is 0. The van der Waals surface area contributed by atoms with Gasteiger partial charge in [-0.1, -0.05) is 36.4 Å². The summed E-state index contributed by atoms with van der Waals surface area (Å²) in [5.41, 5.74) is 0. The minimum Gasteiger partial charge on any atom is -0.480 e. The molecule has 0 aliphatic carbocycles. The molecular formula is C13H12O2S. The summed E-state index contributed by atoms with van der Waals surface area (Å²) in [6.07, 6.45) is 0. The second kappa shape index (κ2) is 4.58. The second-order valence-electron chi connectivity index (χ2n) is 3.58. The van der Waals surface area contributed by atoms with Gasteiger partial charge < -0.3 is 5.11 Å². The van der Waals surface area contributed by atoms with Crippen LogP contribution in [0.3, 0.4) is 0 Å². The molecule has 1 atom stereocenters. The number of aliphatic carboxylic acids is 1. The average molecular weight is 232 g/mol. The molecule has 0 aliphatic rings. The predicted octanol–water partition coefficient (Wildman–Crippen LogP) is 3.41. The van der Waals surface area contributed by atoms with Crippen molar-refractivity contribution in [2.45, 2.75) is 17.1 Å². The lowest BCUT2D eigenvalue weighted by molar-refractivity contribution is -0.136. The average Bonchev–Trinajstić information content (AvgIpc) is 2.29. The Hall–Kier alpha value is -1.48. The summed E-state index contributed by atoms with van der Waals surface area (Å²) in [7, 11) is 0. The maximum atomic E-state index is 10.8. The molecule has 2 rings (SSSR count). The van der Waals surface area contributed by atoms with Crippen molar-refractivity contribution < 1.29 is 9.90 Å². The van der Waals surface area contributed by atoms with Gasteiger partial charge >= 0.3 is 5.97 Å². The number of carbonyl (C=O) groups is 1. The van der Waals surface area contributed by atoms with Crippen molar-refractivity contribution in [3.63, 3.8) is 0 Å². The third-order valence-corrected chi connectivity index (χ3v) is 3.57. The Morgan fingerprint density at radius 1 is 1.19 bits per heavy atom. The fourth-order valence-corrected chi connectivity index (χ4v) is 2.49. The Morgan fingerprint density at radius 2 is 1.88 bits per heavy atom. The molecule has 0 spiro atoms. The van der Waals surface area contributed by atoms with Crippen molar-refractivity contribution in [2.24, 2.45) is 0 Å². The molecule has 0 aliphatic heterocycles. The Morgan fingerprint density at radius 3 is 2.62 bits per heavy atom. The van der Waals surface area contributed by atoms with E-state index in [0.717, 1.165) is 15.7 Å². The standard InChI is InChI=1S/C13H12O2S/c1-9(13(14)15)16-12-8-4-6-10-5-2-3-7-11(10)12/h2-9H,1H3,(H,14,15). The Balaban J connectivity index is 2.41. The van der Waals surface area contributed by atoms with Crippen LogP contribution in [0.25, 0.3) is 10.8 Å². The highest BCUT2D eigenvalue weighted by Crippen LogP contribution is 2.30. The van der Waals surface area contributed by atoms with E-state index in [1.165, 1.54) is 11.8 Å². The fourth-order valence-electron chi connectivity index (χ4n) is 1.54. The van der Waals surface area contributed by atoms with Crippen molar-refractivity contribution in [1.82, 2.24) is 0 Å². The van der Waals surface area contributed by atoms with E-state index in [1.807, 2.05) is 42.5 Å². The quantitative estimate of drug-likeness (QED) is 0.824. The lowest BCUT2D eigenvalue weighted by atomic mass is 10.1. The topological polar surface area (TPSA) is 37.3 Å². The van der Waals surface area contributed by atoms with Gasteiger partial charge in [-0.05, 0) is 23.8 Å². The number of fused-ring (bicyclic) bond motifs is 1. The molecule has 3 heteroatoms. The van der Waals surface area contributed by atoms with E-state index in [-0.39, 0.29) is 0 Å². The first kappa shape index (κ1) is 11.0. The maximum Gasteiger partial charge on any atom is 0.316 e. The van der Waals surface area contributed by atoms with Crippen LogP contribution >= 0.6 is 11.8 Å². The zero-order valence-corrected chi connectivity index (χ0v) is 9.70. The summed E-state index contributed by atoms with van der Waals surface area (Å²) >= 11 is 1.38. The number of benzene rings is 2. The van der Waals surface area contributed by atoms with Crippen LogP contribution < -0.4 is 0 Å². The Bertz CT molecular complexity index is 517. The van der Waals surface area contributed by atoms with Crippen molar-refractivity contribution in [3.8, 4) is 0 Å². The zero-order valence-electron chi connectivity index (χ0n) is 8.88.